The molecule has 0 atom stereocenters. The maximum absolute atomic E-state index is 8.85. The SMILES string of the molecule is Ic1ccc2oc(COc3ccccc3)cc2c1.N#Cc1ccc2oc(COc3ccccc3)cc2c1. The molecule has 0 saturated heterocycles. The second kappa shape index (κ2) is 11.7. The molecule has 37 heavy (non-hydrogen) atoms. The van der Waals surface area contributed by atoms with Gasteiger partial charge in [-0.1, -0.05) is 36.4 Å². The molecule has 0 unspecified atom stereocenters. The smallest absolute Gasteiger partial charge is 0.146 e. The van der Waals surface area contributed by atoms with E-state index in [0.29, 0.717) is 18.8 Å². The predicted octanol–water partition coefficient (Wildman–Crippen LogP) is 8.50. The Bertz CT molecular complexity index is 1650. The molecule has 0 fully saturated rings. The lowest BCUT2D eigenvalue weighted by Gasteiger charge is -2.02. The van der Waals surface area contributed by atoms with Gasteiger partial charge in [0.2, 0.25) is 0 Å². The molecule has 0 bridgehead atoms. The van der Waals surface area contributed by atoms with Crippen molar-refractivity contribution in [1.29, 1.82) is 5.26 Å². The molecule has 0 aliphatic rings. The van der Waals surface area contributed by atoms with Crippen molar-refractivity contribution in [2.75, 3.05) is 0 Å². The number of halogens is 1. The van der Waals surface area contributed by atoms with Crippen molar-refractivity contribution in [2.45, 2.75) is 13.2 Å². The van der Waals surface area contributed by atoms with Crippen LogP contribution in [0.15, 0.2) is 118 Å². The first-order valence-electron chi connectivity index (χ1n) is 11.6. The Labute approximate surface area is 228 Å². The Kier molecular flexibility index (Phi) is 7.72. The number of rotatable bonds is 6. The van der Waals surface area contributed by atoms with Crippen LogP contribution in [0.2, 0.25) is 0 Å². The lowest BCUT2D eigenvalue weighted by atomic mass is 10.2. The van der Waals surface area contributed by atoms with Gasteiger partial charge in [-0.2, -0.15) is 5.26 Å². The average molecular weight is 599 g/mol. The zero-order chi connectivity index (χ0) is 25.5. The van der Waals surface area contributed by atoms with Crippen LogP contribution >= 0.6 is 22.6 Å². The first-order chi connectivity index (χ1) is 18.2. The molecular weight excluding hydrogens is 577 g/mol. The van der Waals surface area contributed by atoms with E-state index in [2.05, 4.69) is 34.7 Å². The van der Waals surface area contributed by atoms with Crippen molar-refractivity contribution in [1.82, 2.24) is 0 Å². The summed E-state index contributed by atoms with van der Waals surface area (Å²) >= 11 is 2.29. The summed E-state index contributed by atoms with van der Waals surface area (Å²) in [6.07, 6.45) is 0. The monoisotopic (exact) mass is 599 g/mol. The van der Waals surface area contributed by atoms with Crippen molar-refractivity contribution in [3.05, 3.63) is 130 Å². The molecule has 0 aliphatic heterocycles. The second-order valence-corrected chi connectivity index (χ2v) is 9.42. The minimum Gasteiger partial charge on any atom is -0.486 e. The van der Waals surface area contributed by atoms with Crippen LogP contribution in [0, 0.1) is 14.9 Å². The highest BCUT2D eigenvalue weighted by Crippen LogP contribution is 2.23. The predicted molar refractivity (Wildman–Crippen MR) is 151 cm³/mol. The molecule has 0 saturated carbocycles. The lowest BCUT2D eigenvalue weighted by molar-refractivity contribution is 0.274. The standard InChI is InChI=1S/C16H11NO2.C15H11IO2/c17-10-12-6-7-16-13(8-12)9-15(19-16)11-18-14-4-2-1-3-5-14;16-12-6-7-15-11(8-12)9-14(18-15)10-17-13-4-2-1-3-5-13/h1-9H,11H2;1-9H,10H2. The minimum atomic E-state index is 0.376. The Morgan fingerprint density at radius 2 is 1.14 bits per heavy atom. The number of para-hydroxylation sites is 2. The Morgan fingerprint density at radius 1 is 0.622 bits per heavy atom. The van der Waals surface area contributed by atoms with E-state index in [1.807, 2.05) is 91.0 Å². The lowest BCUT2D eigenvalue weighted by Crippen LogP contribution is -1.92. The van der Waals surface area contributed by atoms with Gasteiger partial charge in [-0.15, -0.1) is 0 Å². The maximum Gasteiger partial charge on any atom is 0.146 e. The van der Waals surface area contributed by atoms with E-state index in [-0.39, 0.29) is 0 Å². The molecule has 0 radical (unpaired) electrons. The zero-order valence-electron chi connectivity index (χ0n) is 19.8. The van der Waals surface area contributed by atoms with Crippen molar-refractivity contribution in [3.8, 4) is 17.6 Å². The first-order valence-corrected chi connectivity index (χ1v) is 12.7. The van der Waals surface area contributed by atoms with Crippen LogP contribution in [-0.4, -0.2) is 0 Å². The van der Waals surface area contributed by atoms with Gasteiger partial charge in [-0.05, 0) is 95.4 Å². The summed E-state index contributed by atoms with van der Waals surface area (Å²) in [4.78, 5) is 0. The fourth-order valence-electron chi connectivity index (χ4n) is 3.72. The summed E-state index contributed by atoms with van der Waals surface area (Å²) < 4.78 is 23.9. The molecule has 6 aromatic rings. The van der Waals surface area contributed by atoms with E-state index in [0.717, 1.165) is 45.0 Å². The molecule has 6 heteroatoms. The third-order valence-electron chi connectivity index (χ3n) is 5.47. The quantitative estimate of drug-likeness (QED) is 0.180. The van der Waals surface area contributed by atoms with Gasteiger partial charge in [0.05, 0.1) is 11.6 Å². The van der Waals surface area contributed by atoms with Crippen molar-refractivity contribution in [2.24, 2.45) is 0 Å². The van der Waals surface area contributed by atoms with Gasteiger partial charge in [0.25, 0.3) is 0 Å². The molecule has 5 nitrogen and oxygen atoms in total. The van der Waals surface area contributed by atoms with Gasteiger partial charge < -0.3 is 18.3 Å². The molecule has 2 aromatic heterocycles. The second-order valence-electron chi connectivity index (χ2n) is 8.18. The van der Waals surface area contributed by atoms with Crippen LogP contribution in [0.25, 0.3) is 21.9 Å². The molecule has 0 spiro atoms. The summed E-state index contributed by atoms with van der Waals surface area (Å²) in [6, 6.07) is 36.9. The normalized spacial score (nSPS) is 10.5. The van der Waals surface area contributed by atoms with E-state index < -0.39 is 0 Å². The highest BCUT2D eigenvalue weighted by Gasteiger charge is 2.06. The van der Waals surface area contributed by atoms with Crippen molar-refractivity contribution >= 4 is 44.5 Å². The third-order valence-corrected chi connectivity index (χ3v) is 6.15. The van der Waals surface area contributed by atoms with Crippen LogP contribution in [-0.2, 0) is 13.2 Å². The molecule has 0 amide bonds. The Hall–Kier alpha value is -4.22. The van der Waals surface area contributed by atoms with Crippen molar-refractivity contribution < 1.29 is 18.3 Å². The molecule has 0 N–H and O–H groups in total. The highest BCUT2D eigenvalue weighted by atomic mass is 127. The van der Waals surface area contributed by atoms with Gasteiger partial charge in [-0.3, -0.25) is 0 Å². The van der Waals surface area contributed by atoms with E-state index in [1.165, 1.54) is 3.57 Å². The molecule has 0 aliphatic carbocycles. The van der Waals surface area contributed by atoms with E-state index in [9.17, 15) is 0 Å². The fraction of sp³-hybridized carbons (Fsp3) is 0.0645. The van der Waals surface area contributed by atoms with Gasteiger partial charge in [0.1, 0.15) is 47.4 Å². The maximum atomic E-state index is 8.85. The summed E-state index contributed by atoms with van der Waals surface area (Å²) in [5.41, 5.74) is 2.30. The van der Waals surface area contributed by atoms with Crippen LogP contribution in [0.5, 0.6) is 11.5 Å². The molecule has 4 aromatic carbocycles. The summed E-state index contributed by atoms with van der Waals surface area (Å²) in [5.74, 6) is 3.25. The number of fused-ring (bicyclic) bond motifs is 2. The van der Waals surface area contributed by atoms with Gasteiger partial charge in [0, 0.05) is 14.3 Å². The number of nitrogens with zero attached hydrogens (tertiary/aromatic N) is 1. The number of hydrogen-bond acceptors (Lipinski definition) is 5. The topological polar surface area (TPSA) is 68.5 Å². The molecular formula is C31H22INO4. The van der Waals surface area contributed by atoms with E-state index in [4.69, 9.17) is 23.6 Å². The number of ether oxygens (including phenoxy) is 2. The minimum absolute atomic E-state index is 0.376. The number of hydrogen-bond donors (Lipinski definition) is 0. The summed E-state index contributed by atoms with van der Waals surface area (Å²) in [5, 5.41) is 10.9. The fourth-order valence-corrected chi connectivity index (χ4v) is 4.24. The van der Waals surface area contributed by atoms with E-state index in [1.54, 1.807) is 12.1 Å². The first kappa shape index (κ1) is 24.5. The third kappa shape index (κ3) is 6.51. The number of benzene rings is 4. The van der Waals surface area contributed by atoms with Crippen LogP contribution in [0.3, 0.4) is 0 Å². The van der Waals surface area contributed by atoms with E-state index >= 15 is 0 Å². The van der Waals surface area contributed by atoms with Gasteiger partial charge in [-0.25, -0.2) is 0 Å². The van der Waals surface area contributed by atoms with Crippen LogP contribution in [0.4, 0.5) is 0 Å². The van der Waals surface area contributed by atoms with Crippen LogP contribution in [0.1, 0.15) is 17.1 Å². The van der Waals surface area contributed by atoms with Gasteiger partial charge in [0.15, 0.2) is 0 Å². The molecule has 2 heterocycles. The van der Waals surface area contributed by atoms with Crippen molar-refractivity contribution in [3.63, 3.8) is 0 Å². The Morgan fingerprint density at radius 3 is 1.68 bits per heavy atom. The number of furan rings is 2. The summed E-state index contributed by atoms with van der Waals surface area (Å²) in [6.45, 7) is 0.829. The summed E-state index contributed by atoms with van der Waals surface area (Å²) in [7, 11) is 0. The zero-order valence-corrected chi connectivity index (χ0v) is 21.9. The largest absolute Gasteiger partial charge is 0.486 e. The molecule has 182 valence electrons. The average Bonchev–Trinajstić information content (AvgIpc) is 3.54. The van der Waals surface area contributed by atoms with Crippen LogP contribution < -0.4 is 9.47 Å². The highest BCUT2D eigenvalue weighted by molar-refractivity contribution is 14.1. The Balaban J connectivity index is 0.000000152. The van der Waals surface area contributed by atoms with Gasteiger partial charge >= 0.3 is 0 Å². The molecule has 6 rings (SSSR count). The number of nitriles is 1.